The van der Waals surface area contributed by atoms with Crippen molar-refractivity contribution in [3.05, 3.63) is 76.4 Å². The molecule has 138 valence electrons. The van der Waals surface area contributed by atoms with Crippen LogP contribution in [0, 0.1) is 11.6 Å². The maximum atomic E-state index is 13.7. The van der Waals surface area contributed by atoms with Gasteiger partial charge in [-0.2, -0.15) is 5.10 Å². The minimum Gasteiger partial charge on any atom is -0.481 e. The van der Waals surface area contributed by atoms with E-state index in [2.05, 4.69) is 5.10 Å². The van der Waals surface area contributed by atoms with Crippen molar-refractivity contribution in [1.82, 2.24) is 5.01 Å². The van der Waals surface area contributed by atoms with Gasteiger partial charge in [0.1, 0.15) is 17.6 Å². The van der Waals surface area contributed by atoms with E-state index in [1.165, 1.54) is 22.6 Å². The van der Waals surface area contributed by atoms with Crippen LogP contribution in [0.1, 0.15) is 23.1 Å². The topological polar surface area (TPSA) is 55.0 Å². The number of rotatable bonds is 5. The van der Waals surface area contributed by atoms with Crippen molar-refractivity contribution >= 4 is 23.0 Å². The molecule has 0 unspecified atom stereocenters. The second kappa shape index (κ2) is 7.32. The molecule has 4 rings (SSSR count). The van der Waals surface area contributed by atoms with Crippen LogP contribution in [0.4, 0.5) is 8.78 Å². The van der Waals surface area contributed by atoms with Gasteiger partial charge in [0.25, 0.3) is 5.91 Å². The average molecular weight is 388 g/mol. The number of hydrogen-bond donors (Lipinski definition) is 0. The zero-order valence-electron chi connectivity index (χ0n) is 14.0. The highest BCUT2D eigenvalue weighted by molar-refractivity contribution is 7.12. The molecule has 0 saturated heterocycles. The largest absolute Gasteiger partial charge is 0.481 e. The Morgan fingerprint density at radius 3 is 2.89 bits per heavy atom. The Hall–Kier alpha value is -3.00. The molecule has 0 aliphatic carbocycles. The summed E-state index contributed by atoms with van der Waals surface area (Å²) in [7, 11) is 0. The van der Waals surface area contributed by atoms with E-state index in [-0.39, 0.29) is 5.75 Å². The highest BCUT2D eigenvalue weighted by Gasteiger charge is 2.35. The van der Waals surface area contributed by atoms with E-state index in [4.69, 9.17) is 9.15 Å². The molecule has 2 aromatic heterocycles. The molecule has 3 aromatic rings. The SMILES string of the molecule is O=C(COc1ccc(F)cc1F)N1N=C(c2cccs2)C[C@@H]1c1ccco1. The van der Waals surface area contributed by atoms with Gasteiger partial charge in [-0.15, -0.1) is 11.3 Å². The van der Waals surface area contributed by atoms with E-state index in [0.29, 0.717) is 18.2 Å². The quantitative estimate of drug-likeness (QED) is 0.652. The predicted octanol–water partition coefficient (Wildman–Crippen LogP) is 4.38. The molecule has 0 bridgehead atoms. The van der Waals surface area contributed by atoms with Crippen molar-refractivity contribution in [2.75, 3.05) is 6.61 Å². The Morgan fingerprint density at radius 2 is 2.19 bits per heavy atom. The van der Waals surface area contributed by atoms with Crippen LogP contribution in [-0.4, -0.2) is 23.2 Å². The van der Waals surface area contributed by atoms with Gasteiger partial charge in [-0.25, -0.2) is 13.8 Å². The molecule has 8 heteroatoms. The first-order valence-corrected chi connectivity index (χ1v) is 9.04. The minimum atomic E-state index is -0.866. The first-order chi connectivity index (χ1) is 13.1. The third-order valence-corrected chi connectivity index (χ3v) is 5.01. The lowest BCUT2D eigenvalue weighted by atomic mass is 10.1. The number of carbonyl (C=O) groups is 1. The van der Waals surface area contributed by atoms with Gasteiger partial charge >= 0.3 is 0 Å². The van der Waals surface area contributed by atoms with Gasteiger partial charge in [-0.1, -0.05) is 6.07 Å². The number of nitrogens with zero attached hydrogens (tertiary/aromatic N) is 2. The number of benzene rings is 1. The highest BCUT2D eigenvalue weighted by atomic mass is 32.1. The average Bonchev–Trinajstić information content (AvgIpc) is 3.40. The Morgan fingerprint density at radius 1 is 1.30 bits per heavy atom. The summed E-state index contributed by atoms with van der Waals surface area (Å²) in [6, 6.07) is 9.88. The summed E-state index contributed by atoms with van der Waals surface area (Å²) in [6.45, 7) is -0.430. The van der Waals surface area contributed by atoms with Crippen LogP contribution in [0.3, 0.4) is 0 Å². The summed E-state index contributed by atoms with van der Waals surface area (Å²) >= 11 is 1.53. The summed E-state index contributed by atoms with van der Waals surface area (Å²) in [5.74, 6) is -1.62. The van der Waals surface area contributed by atoms with Gasteiger partial charge < -0.3 is 9.15 Å². The first kappa shape index (κ1) is 17.4. The van der Waals surface area contributed by atoms with Crippen molar-refractivity contribution in [1.29, 1.82) is 0 Å². The van der Waals surface area contributed by atoms with Gasteiger partial charge in [0.15, 0.2) is 18.2 Å². The Bertz CT molecular complexity index is 971. The number of amides is 1. The number of hydrazone groups is 1. The van der Waals surface area contributed by atoms with Gasteiger partial charge in [0.05, 0.1) is 16.9 Å². The molecule has 0 radical (unpaired) electrons. The first-order valence-electron chi connectivity index (χ1n) is 8.16. The van der Waals surface area contributed by atoms with Gasteiger partial charge in [-0.3, -0.25) is 4.79 Å². The van der Waals surface area contributed by atoms with Crippen molar-refractivity contribution in [3.8, 4) is 5.75 Å². The minimum absolute atomic E-state index is 0.194. The maximum absolute atomic E-state index is 13.7. The lowest BCUT2D eigenvalue weighted by Gasteiger charge is -2.20. The molecule has 0 saturated carbocycles. The van der Waals surface area contributed by atoms with Gasteiger partial charge in [0, 0.05) is 12.5 Å². The lowest BCUT2D eigenvalue weighted by Crippen LogP contribution is -2.31. The zero-order valence-corrected chi connectivity index (χ0v) is 14.8. The molecule has 1 atom stereocenters. The fourth-order valence-corrected chi connectivity index (χ4v) is 3.55. The second-order valence-corrected chi connectivity index (χ2v) is 6.81. The van der Waals surface area contributed by atoms with Crippen molar-refractivity contribution in [3.63, 3.8) is 0 Å². The summed E-state index contributed by atoms with van der Waals surface area (Å²) in [5.41, 5.74) is 0.771. The van der Waals surface area contributed by atoms with Crippen LogP contribution in [-0.2, 0) is 4.79 Å². The van der Waals surface area contributed by atoms with Crippen LogP contribution in [0.15, 0.2) is 63.6 Å². The van der Waals surface area contributed by atoms with E-state index in [0.717, 1.165) is 22.7 Å². The number of carbonyl (C=O) groups excluding carboxylic acids is 1. The Labute approximate surface area is 157 Å². The molecule has 0 N–H and O–H groups in total. The fourth-order valence-electron chi connectivity index (χ4n) is 2.83. The smallest absolute Gasteiger partial charge is 0.281 e. The van der Waals surface area contributed by atoms with E-state index < -0.39 is 30.2 Å². The highest BCUT2D eigenvalue weighted by Crippen LogP contribution is 2.34. The molecule has 1 aromatic carbocycles. The normalized spacial score (nSPS) is 16.4. The van der Waals surface area contributed by atoms with Crippen LogP contribution in [0.25, 0.3) is 0 Å². The molecule has 0 fully saturated rings. The molecular formula is C19H14F2N2O3S. The standard InChI is InChI=1S/C19H14F2N2O3S/c20-12-5-6-16(13(21)9-12)26-11-19(24)23-15(17-3-1-7-25-17)10-14(22-23)18-4-2-8-27-18/h1-9,15H,10-11H2/t15-/m1/s1. The molecule has 0 spiro atoms. The number of furan rings is 1. The van der Waals surface area contributed by atoms with Gasteiger partial charge in [-0.05, 0) is 35.7 Å². The second-order valence-electron chi connectivity index (χ2n) is 5.86. The monoisotopic (exact) mass is 388 g/mol. The Balaban J connectivity index is 1.53. The van der Waals surface area contributed by atoms with Crippen LogP contribution in [0.2, 0.25) is 0 Å². The number of thiophene rings is 1. The number of hydrogen-bond acceptors (Lipinski definition) is 5. The summed E-state index contributed by atoms with van der Waals surface area (Å²) in [6.07, 6.45) is 2.04. The third-order valence-electron chi connectivity index (χ3n) is 4.09. The summed E-state index contributed by atoms with van der Waals surface area (Å²) < 4.78 is 37.4. The lowest BCUT2D eigenvalue weighted by molar-refractivity contribution is -0.135. The molecule has 5 nitrogen and oxygen atoms in total. The number of ether oxygens (including phenoxy) is 1. The molecule has 3 heterocycles. The third kappa shape index (κ3) is 3.61. The molecule has 27 heavy (non-hydrogen) atoms. The fraction of sp³-hybridized carbons (Fsp3) is 0.158. The summed E-state index contributed by atoms with van der Waals surface area (Å²) in [4.78, 5) is 13.6. The molecule has 1 aliphatic rings. The number of halogens is 2. The van der Waals surface area contributed by atoms with Gasteiger partial charge in [0.2, 0.25) is 0 Å². The van der Waals surface area contributed by atoms with Crippen LogP contribution < -0.4 is 4.74 Å². The molecule has 1 amide bonds. The summed E-state index contributed by atoms with van der Waals surface area (Å²) in [5, 5.41) is 7.67. The zero-order chi connectivity index (χ0) is 18.8. The predicted molar refractivity (Wildman–Crippen MR) is 95.6 cm³/mol. The molecule has 1 aliphatic heterocycles. The van der Waals surface area contributed by atoms with E-state index in [1.54, 1.807) is 12.1 Å². The van der Waals surface area contributed by atoms with E-state index in [1.807, 2.05) is 17.5 Å². The van der Waals surface area contributed by atoms with E-state index >= 15 is 0 Å². The Kier molecular flexibility index (Phi) is 4.72. The van der Waals surface area contributed by atoms with Crippen molar-refractivity contribution in [2.24, 2.45) is 5.10 Å². The molecular weight excluding hydrogens is 374 g/mol. The van der Waals surface area contributed by atoms with Crippen molar-refractivity contribution in [2.45, 2.75) is 12.5 Å². The van der Waals surface area contributed by atoms with E-state index in [9.17, 15) is 13.6 Å². The van der Waals surface area contributed by atoms with Crippen molar-refractivity contribution < 1.29 is 22.7 Å². The maximum Gasteiger partial charge on any atom is 0.281 e. The van der Waals surface area contributed by atoms with Crippen LogP contribution >= 0.6 is 11.3 Å². The van der Waals surface area contributed by atoms with Crippen LogP contribution in [0.5, 0.6) is 5.75 Å².